The number of likely N-dealkylation sites (tertiary alicyclic amines) is 1. The minimum absolute atomic E-state index is 0.0974. The summed E-state index contributed by atoms with van der Waals surface area (Å²) in [5, 5.41) is 0. The SMILES string of the molecule is COc1cc(B2OC(C)(C)C(C)(C)O2)cc(OC)c1CN1CCCCC1C(F)(F)F. The van der Waals surface area contributed by atoms with Crippen molar-refractivity contribution in [3.05, 3.63) is 17.7 Å². The summed E-state index contributed by atoms with van der Waals surface area (Å²) >= 11 is 0. The molecule has 2 fully saturated rings. The van der Waals surface area contributed by atoms with Crippen LogP contribution in [0.2, 0.25) is 0 Å². The number of ether oxygens (including phenoxy) is 2. The van der Waals surface area contributed by atoms with E-state index in [9.17, 15) is 13.2 Å². The molecule has 0 bridgehead atoms. The van der Waals surface area contributed by atoms with E-state index in [-0.39, 0.29) is 13.0 Å². The van der Waals surface area contributed by atoms with Crippen LogP contribution in [0.4, 0.5) is 13.2 Å². The quantitative estimate of drug-likeness (QED) is 0.664. The van der Waals surface area contributed by atoms with Crippen molar-refractivity contribution in [1.82, 2.24) is 4.90 Å². The molecule has 0 N–H and O–H groups in total. The van der Waals surface area contributed by atoms with Gasteiger partial charge in [0.1, 0.15) is 17.5 Å². The van der Waals surface area contributed by atoms with E-state index in [1.807, 2.05) is 27.7 Å². The molecule has 0 aliphatic carbocycles. The highest BCUT2D eigenvalue weighted by molar-refractivity contribution is 6.62. The van der Waals surface area contributed by atoms with Crippen molar-refractivity contribution in [2.45, 2.75) is 76.9 Å². The van der Waals surface area contributed by atoms with E-state index in [1.165, 1.54) is 19.1 Å². The predicted octanol–water partition coefficient (Wildman–Crippen LogP) is 3.92. The molecule has 2 aliphatic rings. The number of methoxy groups -OCH3 is 2. The van der Waals surface area contributed by atoms with Crippen LogP contribution in [0.1, 0.15) is 52.5 Å². The molecule has 9 heteroatoms. The van der Waals surface area contributed by atoms with Gasteiger partial charge in [0.05, 0.1) is 31.0 Å². The lowest BCUT2D eigenvalue weighted by atomic mass is 9.78. The Balaban J connectivity index is 1.93. The van der Waals surface area contributed by atoms with Crippen molar-refractivity contribution >= 4 is 12.6 Å². The summed E-state index contributed by atoms with van der Waals surface area (Å²) in [7, 11) is 2.39. The lowest BCUT2D eigenvalue weighted by Crippen LogP contribution is -2.48. The Labute approximate surface area is 176 Å². The Morgan fingerprint density at radius 3 is 2.03 bits per heavy atom. The van der Waals surface area contributed by atoms with Crippen molar-refractivity contribution < 1.29 is 32.0 Å². The molecule has 0 spiro atoms. The van der Waals surface area contributed by atoms with Crippen molar-refractivity contribution in [3.63, 3.8) is 0 Å². The summed E-state index contributed by atoms with van der Waals surface area (Å²) in [5.74, 6) is 0.927. The molecule has 2 heterocycles. The van der Waals surface area contributed by atoms with Crippen LogP contribution in [0.25, 0.3) is 0 Å². The van der Waals surface area contributed by atoms with E-state index in [2.05, 4.69) is 0 Å². The lowest BCUT2D eigenvalue weighted by molar-refractivity contribution is -0.192. The van der Waals surface area contributed by atoms with Gasteiger partial charge in [-0.05, 0) is 64.7 Å². The highest BCUT2D eigenvalue weighted by Crippen LogP contribution is 2.39. The molecule has 1 aromatic carbocycles. The number of hydrogen-bond acceptors (Lipinski definition) is 5. The zero-order chi connectivity index (χ0) is 22.3. The minimum atomic E-state index is -4.26. The first-order valence-electron chi connectivity index (χ1n) is 10.3. The van der Waals surface area contributed by atoms with Gasteiger partial charge in [-0.3, -0.25) is 4.90 Å². The maximum atomic E-state index is 13.5. The van der Waals surface area contributed by atoms with Crippen LogP contribution in [0.3, 0.4) is 0 Å². The van der Waals surface area contributed by atoms with E-state index >= 15 is 0 Å². The number of halogens is 3. The van der Waals surface area contributed by atoms with Crippen LogP contribution in [0.15, 0.2) is 12.1 Å². The second-order valence-electron chi connectivity index (χ2n) is 9.02. The molecule has 0 saturated carbocycles. The van der Waals surface area contributed by atoms with Crippen LogP contribution in [0, 0.1) is 0 Å². The van der Waals surface area contributed by atoms with E-state index in [1.54, 1.807) is 12.1 Å². The van der Waals surface area contributed by atoms with Crippen molar-refractivity contribution in [3.8, 4) is 11.5 Å². The molecule has 1 aromatic rings. The monoisotopic (exact) mass is 429 g/mol. The van der Waals surface area contributed by atoms with E-state index < -0.39 is 30.5 Å². The molecular formula is C21H31BF3NO4. The molecule has 0 amide bonds. The van der Waals surface area contributed by atoms with Gasteiger partial charge in [0.2, 0.25) is 0 Å². The molecule has 3 rings (SSSR count). The molecule has 0 radical (unpaired) electrons. The Hall–Kier alpha value is -1.45. The Morgan fingerprint density at radius 1 is 1.03 bits per heavy atom. The maximum absolute atomic E-state index is 13.5. The third kappa shape index (κ3) is 4.43. The van der Waals surface area contributed by atoms with Gasteiger partial charge >= 0.3 is 13.3 Å². The molecule has 1 atom stereocenters. The fourth-order valence-corrected chi connectivity index (χ4v) is 4.03. The minimum Gasteiger partial charge on any atom is -0.496 e. The first-order chi connectivity index (χ1) is 13.9. The standard InChI is InChI=1S/C21H31BF3NO4/c1-19(2)20(3,4)30-22(29-19)14-11-16(27-5)15(17(12-14)28-6)13-26-10-8-7-9-18(26)21(23,24)25/h11-12,18H,7-10,13H2,1-6H3. The highest BCUT2D eigenvalue weighted by atomic mass is 19.4. The number of alkyl halides is 3. The van der Waals surface area contributed by atoms with Gasteiger partial charge in [-0.2, -0.15) is 13.2 Å². The van der Waals surface area contributed by atoms with Gasteiger partial charge in [-0.25, -0.2) is 0 Å². The Bertz CT molecular complexity index is 728. The number of piperidine rings is 1. The van der Waals surface area contributed by atoms with Gasteiger partial charge in [-0.15, -0.1) is 0 Å². The van der Waals surface area contributed by atoms with Crippen molar-refractivity contribution in [1.29, 1.82) is 0 Å². The smallest absolute Gasteiger partial charge is 0.495 e. The fourth-order valence-electron chi connectivity index (χ4n) is 4.03. The first kappa shape index (κ1) is 23.2. The van der Waals surface area contributed by atoms with E-state index in [4.69, 9.17) is 18.8 Å². The van der Waals surface area contributed by atoms with Gasteiger partial charge in [0.15, 0.2) is 0 Å². The van der Waals surface area contributed by atoms with Gasteiger partial charge in [-0.1, -0.05) is 6.42 Å². The largest absolute Gasteiger partial charge is 0.496 e. The normalized spacial score (nSPS) is 24.2. The number of nitrogens with zero attached hydrogens (tertiary/aromatic N) is 1. The second-order valence-corrected chi connectivity index (χ2v) is 9.02. The summed E-state index contributed by atoms with van der Waals surface area (Å²) in [6, 6.07) is 2.09. The molecule has 5 nitrogen and oxygen atoms in total. The van der Waals surface area contributed by atoms with E-state index in [0.717, 1.165) is 6.42 Å². The summed E-state index contributed by atoms with van der Waals surface area (Å²) in [6.07, 6.45) is -2.83. The molecular weight excluding hydrogens is 398 g/mol. The van der Waals surface area contributed by atoms with Crippen LogP contribution in [-0.4, -0.2) is 56.2 Å². The Kier molecular flexibility index (Phi) is 6.38. The third-order valence-electron chi connectivity index (χ3n) is 6.51. The number of hydrogen-bond donors (Lipinski definition) is 0. The van der Waals surface area contributed by atoms with Gasteiger partial charge in [0, 0.05) is 6.54 Å². The van der Waals surface area contributed by atoms with Crippen molar-refractivity contribution in [2.24, 2.45) is 0 Å². The summed E-state index contributed by atoms with van der Waals surface area (Å²) in [6.45, 7) is 8.33. The summed E-state index contributed by atoms with van der Waals surface area (Å²) < 4.78 is 63.9. The number of rotatable bonds is 5. The fraction of sp³-hybridized carbons (Fsp3) is 0.714. The van der Waals surface area contributed by atoms with Crippen LogP contribution >= 0.6 is 0 Å². The van der Waals surface area contributed by atoms with Crippen molar-refractivity contribution in [2.75, 3.05) is 20.8 Å². The highest BCUT2D eigenvalue weighted by Gasteiger charge is 2.52. The predicted molar refractivity (Wildman–Crippen MR) is 109 cm³/mol. The third-order valence-corrected chi connectivity index (χ3v) is 6.51. The first-order valence-corrected chi connectivity index (χ1v) is 10.3. The van der Waals surface area contributed by atoms with Gasteiger partial charge in [0.25, 0.3) is 0 Å². The molecule has 2 saturated heterocycles. The maximum Gasteiger partial charge on any atom is 0.495 e. The molecule has 168 valence electrons. The zero-order valence-electron chi connectivity index (χ0n) is 18.6. The van der Waals surface area contributed by atoms with Crippen LogP contribution in [0.5, 0.6) is 11.5 Å². The molecule has 1 unspecified atom stereocenters. The summed E-state index contributed by atoms with van der Waals surface area (Å²) in [5.41, 5.74) is 0.281. The second kappa shape index (κ2) is 8.24. The molecule has 30 heavy (non-hydrogen) atoms. The average Bonchev–Trinajstić information content (AvgIpc) is 2.88. The summed E-state index contributed by atoms with van der Waals surface area (Å²) in [4.78, 5) is 1.47. The van der Waals surface area contributed by atoms with Crippen LogP contribution in [-0.2, 0) is 15.9 Å². The molecule has 0 aromatic heterocycles. The van der Waals surface area contributed by atoms with Crippen LogP contribution < -0.4 is 14.9 Å². The van der Waals surface area contributed by atoms with Gasteiger partial charge < -0.3 is 18.8 Å². The average molecular weight is 429 g/mol. The zero-order valence-corrected chi connectivity index (χ0v) is 18.6. The topological polar surface area (TPSA) is 40.2 Å². The van der Waals surface area contributed by atoms with E-state index in [0.29, 0.717) is 35.5 Å². The lowest BCUT2D eigenvalue weighted by Gasteiger charge is -2.37. The Morgan fingerprint density at radius 2 is 1.57 bits per heavy atom. The molecule has 2 aliphatic heterocycles. The number of benzene rings is 1.